The van der Waals surface area contributed by atoms with Crippen LogP contribution in [0.1, 0.15) is 61.7 Å². The van der Waals surface area contributed by atoms with E-state index in [9.17, 15) is 4.79 Å². The van der Waals surface area contributed by atoms with Crippen LogP contribution < -0.4 is 5.32 Å². The Morgan fingerprint density at radius 3 is 2.79 bits per heavy atom. The smallest absolute Gasteiger partial charge is 0.220 e. The molecule has 5 heteroatoms. The minimum Gasteiger partial charge on any atom is -0.467 e. The summed E-state index contributed by atoms with van der Waals surface area (Å²) in [5.41, 5.74) is 2.04. The first-order valence-electron chi connectivity index (χ1n) is 8.96. The van der Waals surface area contributed by atoms with Crippen molar-refractivity contribution in [3.63, 3.8) is 0 Å². The minimum absolute atomic E-state index is 0.107. The maximum atomic E-state index is 12.3. The molecule has 2 aromatic rings. The zero-order valence-corrected chi connectivity index (χ0v) is 14.6. The van der Waals surface area contributed by atoms with Crippen LogP contribution in [0.5, 0.6) is 0 Å². The van der Waals surface area contributed by atoms with Gasteiger partial charge in [0, 0.05) is 18.7 Å². The van der Waals surface area contributed by atoms with Gasteiger partial charge in [0.2, 0.25) is 5.91 Å². The van der Waals surface area contributed by atoms with Gasteiger partial charge in [-0.15, -0.1) is 0 Å². The molecule has 1 amide bonds. The van der Waals surface area contributed by atoms with Crippen LogP contribution in [0.2, 0.25) is 0 Å². The van der Waals surface area contributed by atoms with E-state index in [1.807, 2.05) is 36.7 Å². The second-order valence-electron chi connectivity index (χ2n) is 6.92. The Morgan fingerprint density at radius 1 is 1.38 bits per heavy atom. The molecule has 5 nitrogen and oxygen atoms in total. The van der Waals surface area contributed by atoms with Crippen molar-refractivity contribution in [3.05, 3.63) is 41.6 Å². The van der Waals surface area contributed by atoms with Crippen molar-refractivity contribution in [2.75, 3.05) is 6.54 Å². The van der Waals surface area contributed by atoms with Crippen molar-refractivity contribution >= 4 is 5.91 Å². The van der Waals surface area contributed by atoms with Crippen molar-refractivity contribution < 1.29 is 9.21 Å². The van der Waals surface area contributed by atoms with Crippen molar-refractivity contribution in [2.45, 2.75) is 58.4 Å². The van der Waals surface area contributed by atoms with Gasteiger partial charge in [0.1, 0.15) is 11.8 Å². The fourth-order valence-corrected chi connectivity index (χ4v) is 3.69. The molecule has 2 aromatic heterocycles. The molecule has 130 valence electrons. The molecular weight excluding hydrogens is 302 g/mol. The van der Waals surface area contributed by atoms with Crippen molar-refractivity contribution in [1.82, 2.24) is 15.1 Å². The average Bonchev–Trinajstić information content (AvgIpc) is 3.19. The van der Waals surface area contributed by atoms with Gasteiger partial charge in [-0.2, -0.15) is 5.10 Å². The van der Waals surface area contributed by atoms with Gasteiger partial charge in [-0.25, -0.2) is 0 Å². The zero-order valence-electron chi connectivity index (χ0n) is 14.6. The van der Waals surface area contributed by atoms with Crippen molar-refractivity contribution in [2.24, 2.45) is 5.92 Å². The lowest BCUT2D eigenvalue weighted by Gasteiger charge is -2.22. The van der Waals surface area contributed by atoms with Gasteiger partial charge >= 0.3 is 0 Å². The summed E-state index contributed by atoms with van der Waals surface area (Å²) in [5, 5.41) is 7.66. The zero-order chi connectivity index (χ0) is 16.9. The third-order valence-electron chi connectivity index (χ3n) is 4.90. The number of furan rings is 1. The molecule has 1 saturated carbocycles. The van der Waals surface area contributed by atoms with Crippen LogP contribution in [0, 0.1) is 19.8 Å². The highest BCUT2D eigenvalue weighted by Crippen LogP contribution is 2.26. The summed E-state index contributed by atoms with van der Waals surface area (Å²) in [6, 6.07) is 5.75. The third-order valence-corrected chi connectivity index (χ3v) is 4.90. The number of hydrogen-bond donors (Lipinski definition) is 1. The normalized spacial score (nSPS) is 16.9. The Hall–Kier alpha value is -2.04. The molecule has 0 aromatic carbocycles. The quantitative estimate of drug-likeness (QED) is 0.877. The number of nitrogens with zero attached hydrogens (tertiary/aromatic N) is 2. The Bertz CT molecular complexity index is 654. The summed E-state index contributed by atoms with van der Waals surface area (Å²) in [5.74, 6) is 1.51. The molecule has 1 fully saturated rings. The predicted octanol–water partition coefficient (Wildman–Crippen LogP) is 3.77. The van der Waals surface area contributed by atoms with Gasteiger partial charge < -0.3 is 9.73 Å². The van der Waals surface area contributed by atoms with Crippen LogP contribution in [0.4, 0.5) is 0 Å². The van der Waals surface area contributed by atoms with Crippen LogP contribution >= 0.6 is 0 Å². The van der Waals surface area contributed by atoms with E-state index in [-0.39, 0.29) is 11.9 Å². The number of rotatable bonds is 6. The molecule has 3 rings (SSSR count). The first kappa shape index (κ1) is 16.8. The van der Waals surface area contributed by atoms with E-state index in [1.54, 1.807) is 6.26 Å². The topological polar surface area (TPSA) is 60.1 Å². The number of nitrogens with one attached hydrogen (secondary N) is 1. The molecule has 1 unspecified atom stereocenters. The summed E-state index contributed by atoms with van der Waals surface area (Å²) in [4.78, 5) is 12.3. The second-order valence-corrected chi connectivity index (χ2v) is 6.92. The van der Waals surface area contributed by atoms with Crippen LogP contribution in [-0.2, 0) is 4.79 Å². The van der Waals surface area contributed by atoms with Crippen LogP contribution in [0.15, 0.2) is 28.9 Å². The maximum Gasteiger partial charge on any atom is 0.220 e. The second kappa shape index (κ2) is 7.69. The average molecular weight is 329 g/mol. The fourth-order valence-electron chi connectivity index (χ4n) is 3.69. The molecule has 24 heavy (non-hydrogen) atoms. The number of aryl methyl sites for hydroxylation is 2. The molecule has 0 bridgehead atoms. The fraction of sp³-hybridized carbons (Fsp3) is 0.579. The number of aromatic nitrogens is 2. The molecule has 1 aliphatic rings. The van der Waals surface area contributed by atoms with Crippen molar-refractivity contribution in [1.29, 1.82) is 0 Å². The molecule has 1 atom stereocenters. The van der Waals surface area contributed by atoms with Crippen LogP contribution in [-0.4, -0.2) is 22.2 Å². The first-order chi connectivity index (χ1) is 11.6. The SMILES string of the molecule is Cc1cc(C)n(C(CNC(=O)CC2CCCCC2)c2ccco2)n1. The van der Waals surface area contributed by atoms with E-state index in [1.165, 1.54) is 32.1 Å². The highest BCUT2D eigenvalue weighted by atomic mass is 16.3. The first-order valence-corrected chi connectivity index (χ1v) is 8.96. The van der Waals surface area contributed by atoms with E-state index < -0.39 is 0 Å². The van der Waals surface area contributed by atoms with E-state index in [2.05, 4.69) is 10.4 Å². The Kier molecular flexibility index (Phi) is 5.38. The maximum absolute atomic E-state index is 12.3. The molecule has 0 spiro atoms. The van der Waals surface area contributed by atoms with E-state index in [0.717, 1.165) is 17.1 Å². The van der Waals surface area contributed by atoms with Crippen LogP contribution in [0.25, 0.3) is 0 Å². The monoisotopic (exact) mass is 329 g/mol. The summed E-state index contributed by atoms with van der Waals surface area (Å²) in [6.07, 6.45) is 8.52. The Labute approximate surface area is 143 Å². The van der Waals surface area contributed by atoms with Gasteiger partial charge in [0.25, 0.3) is 0 Å². The number of carbonyl (C=O) groups excluding carboxylic acids is 1. The molecule has 2 heterocycles. The summed E-state index contributed by atoms with van der Waals surface area (Å²) in [6.45, 7) is 4.51. The minimum atomic E-state index is -0.107. The number of hydrogen-bond acceptors (Lipinski definition) is 3. The number of amides is 1. The highest BCUT2D eigenvalue weighted by molar-refractivity contribution is 5.76. The molecule has 1 aliphatic carbocycles. The Balaban J connectivity index is 1.64. The molecule has 0 radical (unpaired) electrons. The molecule has 0 saturated heterocycles. The predicted molar refractivity (Wildman–Crippen MR) is 92.7 cm³/mol. The molecule has 1 N–H and O–H groups in total. The van der Waals surface area contributed by atoms with Gasteiger partial charge in [-0.3, -0.25) is 9.48 Å². The number of carbonyl (C=O) groups is 1. The van der Waals surface area contributed by atoms with E-state index >= 15 is 0 Å². The van der Waals surface area contributed by atoms with Gasteiger partial charge in [0.15, 0.2) is 0 Å². The lowest BCUT2D eigenvalue weighted by Crippen LogP contribution is -2.33. The largest absolute Gasteiger partial charge is 0.467 e. The summed E-state index contributed by atoms with van der Waals surface area (Å²) >= 11 is 0. The summed E-state index contributed by atoms with van der Waals surface area (Å²) in [7, 11) is 0. The molecular formula is C19H27N3O2. The van der Waals surface area contributed by atoms with Crippen LogP contribution in [0.3, 0.4) is 0 Å². The highest BCUT2D eigenvalue weighted by Gasteiger charge is 2.22. The lowest BCUT2D eigenvalue weighted by atomic mass is 9.87. The summed E-state index contributed by atoms with van der Waals surface area (Å²) < 4.78 is 7.52. The Morgan fingerprint density at radius 2 is 2.17 bits per heavy atom. The van der Waals surface area contributed by atoms with Crippen molar-refractivity contribution in [3.8, 4) is 0 Å². The third kappa shape index (κ3) is 4.08. The molecule has 0 aliphatic heterocycles. The van der Waals surface area contributed by atoms with Gasteiger partial charge in [-0.05, 0) is 50.8 Å². The van der Waals surface area contributed by atoms with E-state index in [4.69, 9.17) is 4.42 Å². The lowest BCUT2D eigenvalue weighted by molar-refractivity contribution is -0.122. The van der Waals surface area contributed by atoms with Gasteiger partial charge in [0.05, 0.1) is 12.0 Å². The standard InChI is InChI=1S/C19H27N3O2/c1-14-11-15(2)22(21-14)17(18-9-6-10-24-18)13-20-19(23)12-16-7-4-3-5-8-16/h6,9-11,16-17H,3-5,7-8,12-13H2,1-2H3,(H,20,23). The van der Waals surface area contributed by atoms with E-state index in [0.29, 0.717) is 18.9 Å². The van der Waals surface area contributed by atoms with Gasteiger partial charge in [-0.1, -0.05) is 19.3 Å².